The van der Waals surface area contributed by atoms with E-state index in [1.54, 1.807) is 0 Å². The van der Waals surface area contributed by atoms with Crippen molar-refractivity contribution in [2.45, 2.75) is 32.9 Å². The van der Waals surface area contributed by atoms with Gasteiger partial charge in [-0.15, -0.1) is 0 Å². The summed E-state index contributed by atoms with van der Waals surface area (Å²) in [6, 6.07) is 14.2. The molecule has 0 aliphatic heterocycles. The van der Waals surface area contributed by atoms with E-state index in [1.165, 1.54) is 5.56 Å². The molecule has 0 aliphatic carbocycles. The molecular weight excluding hydrogens is 350 g/mol. The molecule has 0 aliphatic rings. The number of rotatable bonds is 5. The first-order chi connectivity index (χ1) is 9.95. The van der Waals surface area contributed by atoms with Crippen LogP contribution in [-0.2, 0) is 0 Å². The van der Waals surface area contributed by atoms with Crippen LogP contribution in [0.25, 0.3) is 0 Å². The SMILES string of the molecule is CC(C)Oc1ccc(C(C)Nc2ccc(Cl)c(Br)c2)cc1. The van der Waals surface area contributed by atoms with Gasteiger partial charge in [0.15, 0.2) is 0 Å². The third kappa shape index (κ3) is 4.65. The molecule has 0 radical (unpaired) electrons. The Hall–Kier alpha value is -1.19. The summed E-state index contributed by atoms with van der Waals surface area (Å²) in [5.74, 6) is 0.898. The summed E-state index contributed by atoms with van der Waals surface area (Å²) in [5.41, 5.74) is 2.23. The number of nitrogens with one attached hydrogen (secondary N) is 1. The van der Waals surface area contributed by atoms with Gasteiger partial charge in [0, 0.05) is 16.2 Å². The van der Waals surface area contributed by atoms with Crippen LogP contribution in [0.15, 0.2) is 46.9 Å². The Morgan fingerprint density at radius 3 is 2.29 bits per heavy atom. The fourth-order valence-electron chi connectivity index (χ4n) is 2.03. The van der Waals surface area contributed by atoms with E-state index in [2.05, 4.69) is 40.3 Å². The fourth-order valence-corrected chi connectivity index (χ4v) is 2.52. The van der Waals surface area contributed by atoms with Crippen molar-refractivity contribution in [1.82, 2.24) is 0 Å². The Balaban J connectivity index is 2.05. The second-order valence-corrected chi connectivity index (χ2v) is 6.49. The predicted octanol–water partition coefficient (Wildman–Crippen LogP) is 6.06. The Kier molecular flexibility index (Phi) is 5.54. The average Bonchev–Trinajstić information content (AvgIpc) is 2.43. The molecule has 4 heteroatoms. The minimum absolute atomic E-state index is 0.192. The zero-order chi connectivity index (χ0) is 15.4. The summed E-state index contributed by atoms with van der Waals surface area (Å²) in [5, 5.41) is 4.17. The lowest BCUT2D eigenvalue weighted by Crippen LogP contribution is -2.08. The van der Waals surface area contributed by atoms with Gasteiger partial charge in [0.05, 0.1) is 11.1 Å². The van der Waals surface area contributed by atoms with Crippen LogP contribution in [0.2, 0.25) is 5.02 Å². The molecule has 0 bridgehead atoms. The number of hydrogen-bond donors (Lipinski definition) is 1. The molecule has 2 nitrogen and oxygen atoms in total. The molecule has 1 unspecified atom stereocenters. The van der Waals surface area contributed by atoms with Gasteiger partial charge in [-0.25, -0.2) is 0 Å². The third-order valence-electron chi connectivity index (χ3n) is 3.05. The molecule has 0 fully saturated rings. The highest BCUT2D eigenvalue weighted by molar-refractivity contribution is 9.10. The Labute approximate surface area is 139 Å². The van der Waals surface area contributed by atoms with Crippen molar-refractivity contribution in [3.63, 3.8) is 0 Å². The Morgan fingerprint density at radius 2 is 1.71 bits per heavy atom. The van der Waals surface area contributed by atoms with Gasteiger partial charge in [-0.1, -0.05) is 23.7 Å². The maximum Gasteiger partial charge on any atom is 0.119 e. The first kappa shape index (κ1) is 16.2. The van der Waals surface area contributed by atoms with Gasteiger partial charge in [-0.05, 0) is 72.6 Å². The number of hydrogen-bond acceptors (Lipinski definition) is 2. The largest absolute Gasteiger partial charge is 0.491 e. The highest BCUT2D eigenvalue weighted by Gasteiger charge is 2.07. The van der Waals surface area contributed by atoms with Crippen LogP contribution in [0.3, 0.4) is 0 Å². The fraction of sp³-hybridized carbons (Fsp3) is 0.294. The molecule has 0 aromatic heterocycles. The lowest BCUT2D eigenvalue weighted by atomic mass is 10.1. The van der Waals surface area contributed by atoms with Crippen molar-refractivity contribution in [3.05, 3.63) is 57.5 Å². The van der Waals surface area contributed by atoms with Crippen molar-refractivity contribution < 1.29 is 4.74 Å². The monoisotopic (exact) mass is 367 g/mol. The lowest BCUT2D eigenvalue weighted by Gasteiger charge is -2.17. The van der Waals surface area contributed by atoms with Crippen LogP contribution in [0.4, 0.5) is 5.69 Å². The topological polar surface area (TPSA) is 21.3 Å². The second kappa shape index (κ2) is 7.19. The summed E-state index contributed by atoms with van der Waals surface area (Å²) in [6.45, 7) is 6.17. The highest BCUT2D eigenvalue weighted by Crippen LogP contribution is 2.28. The molecule has 0 saturated heterocycles. The van der Waals surface area contributed by atoms with Crippen LogP contribution in [0, 0.1) is 0 Å². The van der Waals surface area contributed by atoms with E-state index >= 15 is 0 Å². The summed E-state index contributed by atoms with van der Waals surface area (Å²) in [4.78, 5) is 0. The van der Waals surface area contributed by atoms with E-state index in [4.69, 9.17) is 16.3 Å². The van der Waals surface area contributed by atoms with Gasteiger partial charge in [0.25, 0.3) is 0 Å². The predicted molar refractivity (Wildman–Crippen MR) is 93.4 cm³/mol. The summed E-state index contributed by atoms with van der Waals surface area (Å²) < 4.78 is 6.55. The standard InChI is InChI=1S/C17H19BrClNO/c1-11(2)21-15-7-4-13(5-8-15)12(3)20-14-6-9-17(19)16(18)10-14/h4-12,20H,1-3H3. The lowest BCUT2D eigenvalue weighted by molar-refractivity contribution is 0.242. The van der Waals surface area contributed by atoms with Crippen molar-refractivity contribution in [3.8, 4) is 5.75 Å². The smallest absolute Gasteiger partial charge is 0.119 e. The zero-order valence-electron chi connectivity index (χ0n) is 12.4. The summed E-state index contributed by atoms with van der Waals surface area (Å²) >= 11 is 9.44. The van der Waals surface area contributed by atoms with Gasteiger partial charge < -0.3 is 10.1 Å². The molecule has 21 heavy (non-hydrogen) atoms. The van der Waals surface area contributed by atoms with E-state index in [-0.39, 0.29) is 12.1 Å². The van der Waals surface area contributed by atoms with Crippen molar-refractivity contribution in [1.29, 1.82) is 0 Å². The molecule has 112 valence electrons. The van der Waals surface area contributed by atoms with Gasteiger partial charge in [0.1, 0.15) is 5.75 Å². The minimum Gasteiger partial charge on any atom is -0.491 e. The number of anilines is 1. The first-order valence-corrected chi connectivity index (χ1v) is 8.11. The van der Waals surface area contributed by atoms with Crippen LogP contribution in [0.5, 0.6) is 5.75 Å². The molecule has 2 aromatic carbocycles. The van der Waals surface area contributed by atoms with Gasteiger partial charge in [0.2, 0.25) is 0 Å². The van der Waals surface area contributed by atoms with Crippen molar-refractivity contribution in [2.75, 3.05) is 5.32 Å². The van der Waals surface area contributed by atoms with Crippen LogP contribution < -0.4 is 10.1 Å². The Bertz CT molecular complexity index is 598. The molecular formula is C17H19BrClNO. The molecule has 2 rings (SSSR count). The molecule has 1 atom stereocenters. The van der Waals surface area contributed by atoms with E-state index < -0.39 is 0 Å². The van der Waals surface area contributed by atoms with E-state index in [1.807, 2.05) is 44.2 Å². The maximum atomic E-state index is 6.00. The van der Waals surface area contributed by atoms with Gasteiger partial charge in [-0.2, -0.15) is 0 Å². The van der Waals surface area contributed by atoms with Gasteiger partial charge >= 0.3 is 0 Å². The number of benzene rings is 2. The summed E-state index contributed by atoms with van der Waals surface area (Å²) in [6.07, 6.45) is 0.192. The number of ether oxygens (including phenoxy) is 1. The van der Waals surface area contributed by atoms with Crippen LogP contribution >= 0.6 is 27.5 Å². The molecule has 0 amide bonds. The molecule has 2 aromatic rings. The Morgan fingerprint density at radius 1 is 1.05 bits per heavy atom. The van der Waals surface area contributed by atoms with Gasteiger partial charge in [-0.3, -0.25) is 0 Å². The second-order valence-electron chi connectivity index (χ2n) is 5.23. The summed E-state index contributed by atoms with van der Waals surface area (Å²) in [7, 11) is 0. The van der Waals surface area contributed by atoms with Crippen LogP contribution in [-0.4, -0.2) is 6.10 Å². The van der Waals surface area contributed by atoms with Crippen molar-refractivity contribution >= 4 is 33.2 Å². The van der Waals surface area contributed by atoms with E-state index in [0.717, 1.165) is 15.9 Å². The normalized spacial score (nSPS) is 12.3. The minimum atomic E-state index is 0.192. The third-order valence-corrected chi connectivity index (χ3v) is 4.27. The molecule has 1 N–H and O–H groups in total. The highest BCUT2D eigenvalue weighted by atomic mass is 79.9. The van der Waals surface area contributed by atoms with Crippen LogP contribution in [0.1, 0.15) is 32.4 Å². The number of halogens is 2. The molecule has 0 spiro atoms. The quantitative estimate of drug-likeness (QED) is 0.692. The zero-order valence-corrected chi connectivity index (χ0v) is 14.7. The molecule has 0 heterocycles. The van der Waals surface area contributed by atoms with E-state index in [0.29, 0.717) is 5.02 Å². The maximum absolute atomic E-state index is 6.00. The van der Waals surface area contributed by atoms with E-state index in [9.17, 15) is 0 Å². The first-order valence-electron chi connectivity index (χ1n) is 6.94. The molecule has 0 saturated carbocycles. The van der Waals surface area contributed by atoms with Crippen molar-refractivity contribution in [2.24, 2.45) is 0 Å². The average molecular weight is 369 g/mol.